The van der Waals surface area contributed by atoms with E-state index in [4.69, 9.17) is 5.73 Å². The number of pyridine rings is 1. The van der Waals surface area contributed by atoms with Crippen molar-refractivity contribution in [2.45, 2.75) is 30.5 Å². The highest BCUT2D eigenvalue weighted by Gasteiger charge is 2.59. The minimum Gasteiger partial charge on any atom is -0.379 e. The standard InChI is InChI=1S/C11H13F3N2O/c12-11(13,14)10(17,6-15)8-4-3-7-2-1-5-16-9(7)8/h1-2,5,8,17H,3-4,6,15H2. The molecule has 0 saturated heterocycles. The van der Waals surface area contributed by atoms with Crippen molar-refractivity contribution in [3.8, 4) is 0 Å². The fourth-order valence-corrected chi connectivity index (χ4v) is 2.33. The Kier molecular flexibility index (Phi) is 2.87. The number of rotatable bonds is 2. The van der Waals surface area contributed by atoms with E-state index in [1.165, 1.54) is 6.20 Å². The molecule has 0 radical (unpaired) electrons. The zero-order valence-electron chi connectivity index (χ0n) is 9.04. The third-order valence-corrected chi connectivity index (χ3v) is 3.34. The maximum absolute atomic E-state index is 12.9. The van der Waals surface area contributed by atoms with Gasteiger partial charge in [-0.05, 0) is 24.5 Å². The van der Waals surface area contributed by atoms with Gasteiger partial charge in [-0.3, -0.25) is 4.98 Å². The summed E-state index contributed by atoms with van der Waals surface area (Å²) in [7, 11) is 0. The van der Waals surface area contributed by atoms with Gasteiger partial charge in [-0.2, -0.15) is 13.2 Å². The van der Waals surface area contributed by atoms with Crippen molar-refractivity contribution in [1.82, 2.24) is 4.98 Å². The van der Waals surface area contributed by atoms with Gasteiger partial charge in [-0.25, -0.2) is 0 Å². The molecule has 2 atom stereocenters. The van der Waals surface area contributed by atoms with E-state index in [2.05, 4.69) is 4.98 Å². The van der Waals surface area contributed by atoms with Gasteiger partial charge in [-0.15, -0.1) is 0 Å². The van der Waals surface area contributed by atoms with E-state index < -0.39 is 24.2 Å². The summed E-state index contributed by atoms with van der Waals surface area (Å²) >= 11 is 0. The third-order valence-electron chi connectivity index (χ3n) is 3.34. The van der Waals surface area contributed by atoms with Crippen molar-refractivity contribution in [2.24, 2.45) is 5.73 Å². The Morgan fingerprint density at radius 2 is 2.18 bits per heavy atom. The minimum atomic E-state index is -4.74. The minimum absolute atomic E-state index is 0.222. The topological polar surface area (TPSA) is 59.1 Å². The predicted octanol–water partition coefficient (Wildman–Crippen LogP) is 1.36. The summed E-state index contributed by atoms with van der Waals surface area (Å²) in [5.41, 5.74) is 3.33. The maximum Gasteiger partial charge on any atom is 0.419 e. The number of aromatic nitrogens is 1. The molecule has 17 heavy (non-hydrogen) atoms. The van der Waals surface area contributed by atoms with Crippen LogP contribution >= 0.6 is 0 Å². The zero-order chi connectivity index (χ0) is 12.7. The summed E-state index contributed by atoms with van der Waals surface area (Å²) in [6, 6.07) is 3.41. The van der Waals surface area contributed by atoms with Crippen LogP contribution in [-0.4, -0.2) is 28.4 Å². The van der Waals surface area contributed by atoms with Gasteiger partial charge in [0.15, 0.2) is 5.60 Å². The Hall–Kier alpha value is -1.14. The normalized spacial score (nSPS) is 23.2. The second kappa shape index (κ2) is 3.96. The Balaban J connectivity index is 2.42. The average Bonchev–Trinajstić information content (AvgIpc) is 2.70. The number of nitrogens with zero attached hydrogens (tertiary/aromatic N) is 1. The van der Waals surface area contributed by atoms with Gasteiger partial charge in [0.25, 0.3) is 0 Å². The van der Waals surface area contributed by atoms with Crippen molar-refractivity contribution in [3.05, 3.63) is 29.6 Å². The molecule has 1 aliphatic carbocycles. The third kappa shape index (κ3) is 1.81. The van der Waals surface area contributed by atoms with Gasteiger partial charge in [0, 0.05) is 24.4 Å². The smallest absolute Gasteiger partial charge is 0.379 e. The van der Waals surface area contributed by atoms with Crippen molar-refractivity contribution < 1.29 is 18.3 Å². The molecule has 1 aliphatic rings. The summed E-state index contributed by atoms with van der Waals surface area (Å²) in [6.07, 6.45) is -2.60. The van der Waals surface area contributed by atoms with Crippen LogP contribution in [0.1, 0.15) is 23.6 Å². The van der Waals surface area contributed by atoms with Crippen LogP contribution in [0.2, 0.25) is 0 Å². The Bertz CT molecular complexity index is 421. The monoisotopic (exact) mass is 246 g/mol. The number of aliphatic hydroxyl groups is 1. The molecule has 0 amide bonds. The summed E-state index contributed by atoms with van der Waals surface area (Å²) in [4.78, 5) is 3.95. The second-order valence-electron chi connectivity index (χ2n) is 4.27. The van der Waals surface area contributed by atoms with Crippen LogP contribution in [0.4, 0.5) is 13.2 Å². The zero-order valence-corrected chi connectivity index (χ0v) is 9.04. The molecule has 94 valence electrons. The molecular formula is C11H13F3N2O. The predicted molar refractivity (Wildman–Crippen MR) is 55.4 cm³/mol. The number of alkyl halides is 3. The lowest BCUT2D eigenvalue weighted by Gasteiger charge is -2.34. The van der Waals surface area contributed by atoms with Crippen LogP contribution in [0.3, 0.4) is 0 Å². The molecule has 3 nitrogen and oxygen atoms in total. The summed E-state index contributed by atoms with van der Waals surface area (Å²) in [6.45, 7) is -0.850. The molecule has 0 bridgehead atoms. The lowest BCUT2D eigenvalue weighted by atomic mass is 9.84. The first kappa shape index (κ1) is 12.3. The van der Waals surface area contributed by atoms with Crippen LogP contribution in [-0.2, 0) is 6.42 Å². The van der Waals surface area contributed by atoms with Crippen molar-refractivity contribution in [2.75, 3.05) is 6.54 Å². The van der Waals surface area contributed by atoms with E-state index in [1.54, 1.807) is 12.1 Å². The first-order valence-electron chi connectivity index (χ1n) is 5.33. The molecule has 0 aromatic carbocycles. The van der Waals surface area contributed by atoms with Gasteiger partial charge in [-0.1, -0.05) is 6.07 Å². The van der Waals surface area contributed by atoms with E-state index in [0.29, 0.717) is 12.1 Å². The lowest BCUT2D eigenvalue weighted by Crippen LogP contribution is -2.55. The van der Waals surface area contributed by atoms with Gasteiger partial charge in [0.1, 0.15) is 0 Å². The van der Waals surface area contributed by atoms with Gasteiger partial charge in [0.05, 0.1) is 0 Å². The van der Waals surface area contributed by atoms with E-state index in [0.717, 1.165) is 5.56 Å². The molecule has 0 fully saturated rings. The first-order valence-corrected chi connectivity index (χ1v) is 5.33. The van der Waals surface area contributed by atoms with Gasteiger partial charge < -0.3 is 10.8 Å². The number of nitrogens with two attached hydrogens (primary N) is 1. The molecule has 3 N–H and O–H groups in total. The SMILES string of the molecule is NCC(O)(C1CCc2cccnc21)C(F)(F)F. The molecule has 0 saturated carbocycles. The van der Waals surface area contributed by atoms with Crippen molar-refractivity contribution >= 4 is 0 Å². The summed E-state index contributed by atoms with van der Waals surface area (Å²) < 4.78 is 38.7. The van der Waals surface area contributed by atoms with E-state index in [9.17, 15) is 18.3 Å². The number of fused-ring (bicyclic) bond motifs is 1. The molecule has 2 unspecified atom stereocenters. The quantitative estimate of drug-likeness (QED) is 0.828. The molecule has 1 aromatic rings. The van der Waals surface area contributed by atoms with Crippen molar-refractivity contribution in [1.29, 1.82) is 0 Å². The number of hydrogen-bond donors (Lipinski definition) is 2. The molecule has 1 heterocycles. The fourth-order valence-electron chi connectivity index (χ4n) is 2.33. The first-order chi connectivity index (χ1) is 7.90. The highest BCUT2D eigenvalue weighted by molar-refractivity contribution is 5.32. The summed E-state index contributed by atoms with van der Waals surface area (Å²) in [5.74, 6) is -1.07. The average molecular weight is 246 g/mol. The second-order valence-corrected chi connectivity index (χ2v) is 4.27. The van der Waals surface area contributed by atoms with Crippen LogP contribution < -0.4 is 5.73 Å². The Morgan fingerprint density at radius 1 is 1.47 bits per heavy atom. The molecule has 1 aromatic heterocycles. The molecular weight excluding hydrogens is 233 g/mol. The maximum atomic E-state index is 12.9. The van der Waals surface area contributed by atoms with E-state index >= 15 is 0 Å². The number of hydrogen-bond acceptors (Lipinski definition) is 3. The summed E-state index contributed by atoms with van der Waals surface area (Å²) in [5, 5.41) is 9.81. The largest absolute Gasteiger partial charge is 0.419 e. The number of aryl methyl sites for hydroxylation is 1. The highest BCUT2D eigenvalue weighted by atomic mass is 19.4. The molecule has 2 rings (SSSR count). The van der Waals surface area contributed by atoms with Gasteiger partial charge >= 0.3 is 6.18 Å². The molecule has 6 heteroatoms. The highest BCUT2D eigenvalue weighted by Crippen LogP contribution is 2.46. The lowest BCUT2D eigenvalue weighted by molar-refractivity contribution is -0.264. The van der Waals surface area contributed by atoms with E-state index in [-0.39, 0.29) is 6.42 Å². The van der Waals surface area contributed by atoms with Crippen LogP contribution in [0.5, 0.6) is 0 Å². The fraction of sp³-hybridized carbons (Fsp3) is 0.545. The molecule has 0 spiro atoms. The van der Waals surface area contributed by atoms with Crippen LogP contribution in [0.25, 0.3) is 0 Å². The van der Waals surface area contributed by atoms with Gasteiger partial charge in [0.2, 0.25) is 0 Å². The molecule has 0 aliphatic heterocycles. The van der Waals surface area contributed by atoms with Crippen LogP contribution in [0, 0.1) is 0 Å². The number of halogens is 3. The van der Waals surface area contributed by atoms with E-state index in [1.807, 2.05) is 0 Å². The van der Waals surface area contributed by atoms with Crippen molar-refractivity contribution in [3.63, 3.8) is 0 Å². The Labute approximate surface area is 96.5 Å². The Morgan fingerprint density at radius 3 is 2.76 bits per heavy atom. The van der Waals surface area contributed by atoms with Crippen LogP contribution in [0.15, 0.2) is 18.3 Å².